The van der Waals surface area contributed by atoms with Crippen molar-refractivity contribution in [3.05, 3.63) is 134 Å². The van der Waals surface area contributed by atoms with Crippen LogP contribution < -0.4 is 0 Å². The number of unbranched alkanes of at least 4 members (excludes halogenated alkanes) is 29. The molecule has 0 aromatic rings. The molecular formula is C77H128O6. The first-order valence-corrected chi connectivity index (χ1v) is 34.7. The summed E-state index contributed by atoms with van der Waals surface area (Å²) in [4.78, 5) is 38.3. The van der Waals surface area contributed by atoms with Crippen molar-refractivity contribution < 1.29 is 28.6 Å². The van der Waals surface area contributed by atoms with E-state index in [1.54, 1.807) is 0 Å². The molecule has 0 aromatic heterocycles. The Labute approximate surface area is 513 Å². The first-order chi connectivity index (χ1) is 41.0. The van der Waals surface area contributed by atoms with E-state index in [-0.39, 0.29) is 37.5 Å². The van der Waals surface area contributed by atoms with Crippen molar-refractivity contribution in [1.29, 1.82) is 0 Å². The highest BCUT2D eigenvalue weighted by Crippen LogP contribution is 2.17. The van der Waals surface area contributed by atoms with E-state index in [1.165, 1.54) is 154 Å². The van der Waals surface area contributed by atoms with Gasteiger partial charge in [0, 0.05) is 19.3 Å². The lowest BCUT2D eigenvalue weighted by atomic mass is 10.0. The third kappa shape index (κ3) is 68.2. The van der Waals surface area contributed by atoms with Crippen LogP contribution in [0.2, 0.25) is 0 Å². The predicted octanol–water partition coefficient (Wildman–Crippen LogP) is 24.1. The largest absolute Gasteiger partial charge is 0.462 e. The second kappa shape index (κ2) is 70.0. The van der Waals surface area contributed by atoms with E-state index in [2.05, 4.69) is 148 Å². The second-order valence-electron chi connectivity index (χ2n) is 22.7. The molecule has 0 aliphatic carbocycles. The minimum absolute atomic E-state index is 0.106. The van der Waals surface area contributed by atoms with Gasteiger partial charge in [0.05, 0.1) is 0 Å². The van der Waals surface area contributed by atoms with Gasteiger partial charge in [-0.1, -0.05) is 309 Å². The zero-order valence-corrected chi connectivity index (χ0v) is 54.2. The fraction of sp³-hybridized carbons (Fsp3) is 0.675. The molecule has 0 bridgehead atoms. The van der Waals surface area contributed by atoms with Crippen LogP contribution in [0.5, 0.6) is 0 Å². The molecule has 83 heavy (non-hydrogen) atoms. The van der Waals surface area contributed by atoms with Crippen molar-refractivity contribution >= 4 is 17.9 Å². The van der Waals surface area contributed by atoms with E-state index in [4.69, 9.17) is 14.2 Å². The summed E-state index contributed by atoms with van der Waals surface area (Å²) in [5.41, 5.74) is 0. The van der Waals surface area contributed by atoms with Crippen LogP contribution in [0.25, 0.3) is 0 Å². The minimum atomic E-state index is -0.817. The standard InChI is InChI=1S/C77H128O6/c1-4-7-10-13-16-19-22-25-27-29-31-32-33-34-35-36-37-38-39-40-41-42-43-44-46-47-49-52-55-58-61-64-67-70-76(79)82-73-74(72-81-75(78)69-66-63-60-57-54-51-24-21-18-15-12-9-6-3)83-77(80)71-68-65-62-59-56-53-50-48-45-30-28-26-23-20-17-14-11-8-5-2/h7,9-10,12,16-21,25-28,31-32,45,48,51,54,60,63,74H,4-6,8,11,13-15,22-24,29-30,33-44,46-47,49-50,52-53,55-59,61-62,64-73H2,1-3H3/b10-7-,12-9-,19-16-,20-17-,21-18-,27-25-,28-26-,32-31-,48-45-,54-51-,63-60-. The Morgan fingerprint density at radius 2 is 0.494 bits per heavy atom. The molecule has 6 heteroatoms. The summed E-state index contributed by atoms with van der Waals surface area (Å²) in [7, 11) is 0. The molecule has 0 aromatic carbocycles. The zero-order chi connectivity index (χ0) is 59.9. The third-order valence-electron chi connectivity index (χ3n) is 14.6. The van der Waals surface area contributed by atoms with E-state index < -0.39 is 6.10 Å². The van der Waals surface area contributed by atoms with Gasteiger partial charge < -0.3 is 14.2 Å². The molecule has 0 fully saturated rings. The summed E-state index contributed by atoms with van der Waals surface area (Å²) in [6.07, 6.45) is 99.3. The van der Waals surface area contributed by atoms with Crippen molar-refractivity contribution in [3.8, 4) is 0 Å². The van der Waals surface area contributed by atoms with E-state index in [0.29, 0.717) is 19.3 Å². The van der Waals surface area contributed by atoms with Gasteiger partial charge in [0.1, 0.15) is 13.2 Å². The molecule has 0 aliphatic heterocycles. The van der Waals surface area contributed by atoms with E-state index in [0.717, 1.165) is 116 Å². The minimum Gasteiger partial charge on any atom is -0.462 e. The molecule has 0 amide bonds. The summed E-state index contributed by atoms with van der Waals surface area (Å²) in [5, 5.41) is 0. The molecule has 0 saturated heterocycles. The normalized spacial score (nSPS) is 13.0. The van der Waals surface area contributed by atoms with Gasteiger partial charge in [-0.15, -0.1) is 0 Å². The Morgan fingerprint density at radius 3 is 0.807 bits per heavy atom. The van der Waals surface area contributed by atoms with Crippen molar-refractivity contribution in [2.45, 2.75) is 322 Å². The number of esters is 3. The van der Waals surface area contributed by atoms with Gasteiger partial charge in [-0.25, -0.2) is 0 Å². The highest BCUT2D eigenvalue weighted by Gasteiger charge is 2.19. The van der Waals surface area contributed by atoms with E-state index in [1.807, 2.05) is 6.08 Å². The number of allylic oxidation sites excluding steroid dienone is 22. The molecule has 1 unspecified atom stereocenters. The number of carbonyl (C=O) groups excluding carboxylic acids is 3. The van der Waals surface area contributed by atoms with Gasteiger partial charge in [-0.05, 0) is 122 Å². The van der Waals surface area contributed by atoms with Crippen LogP contribution in [-0.4, -0.2) is 37.2 Å². The van der Waals surface area contributed by atoms with Crippen molar-refractivity contribution in [2.75, 3.05) is 13.2 Å². The Hall–Kier alpha value is -4.45. The van der Waals surface area contributed by atoms with Gasteiger partial charge >= 0.3 is 17.9 Å². The molecule has 0 heterocycles. The number of hydrogen-bond donors (Lipinski definition) is 0. The van der Waals surface area contributed by atoms with Gasteiger partial charge in [-0.2, -0.15) is 0 Å². The molecular weight excluding hydrogens is 1020 g/mol. The number of carbonyl (C=O) groups is 3. The van der Waals surface area contributed by atoms with Gasteiger partial charge in [0.15, 0.2) is 6.10 Å². The molecule has 0 saturated carbocycles. The maximum Gasteiger partial charge on any atom is 0.306 e. The molecule has 1 atom stereocenters. The van der Waals surface area contributed by atoms with Crippen molar-refractivity contribution in [1.82, 2.24) is 0 Å². The maximum absolute atomic E-state index is 12.9. The lowest BCUT2D eigenvalue weighted by molar-refractivity contribution is -0.166. The van der Waals surface area contributed by atoms with E-state index >= 15 is 0 Å². The average molecular weight is 1150 g/mol. The van der Waals surface area contributed by atoms with Crippen molar-refractivity contribution in [3.63, 3.8) is 0 Å². The highest BCUT2D eigenvalue weighted by molar-refractivity contribution is 5.71. The van der Waals surface area contributed by atoms with Crippen molar-refractivity contribution in [2.24, 2.45) is 0 Å². The summed E-state index contributed by atoms with van der Waals surface area (Å²) in [6, 6.07) is 0. The maximum atomic E-state index is 12.9. The van der Waals surface area contributed by atoms with Crippen LogP contribution in [-0.2, 0) is 28.6 Å². The summed E-state index contributed by atoms with van der Waals surface area (Å²) in [6.45, 7) is 6.33. The number of hydrogen-bond acceptors (Lipinski definition) is 6. The lowest BCUT2D eigenvalue weighted by Crippen LogP contribution is -2.30. The smallest absolute Gasteiger partial charge is 0.306 e. The van der Waals surface area contributed by atoms with Crippen LogP contribution in [0, 0.1) is 0 Å². The highest BCUT2D eigenvalue weighted by atomic mass is 16.6. The van der Waals surface area contributed by atoms with Gasteiger partial charge in [0.25, 0.3) is 0 Å². The van der Waals surface area contributed by atoms with Gasteiger partial charge in [0.2, 0.25) is 0 Å². The number of ether oxygens (including phenoxy) is 3. The third-order valence-corrected chi connectivity index (χ3v) is 14.6. The van der Waals surface area contributed by atoms with Crippen LogP contribution in [0.4, 0.5) is 0 Å². The Kier molecular flexibility index (Phi) is 66.3. The fourth-order valence-electron chi connectivity index (χ4n) is 9.52. The summed E-state index contributed by atoms with van der Waals surface area (Å²) < 4.78 is 16.9. The molecule has 0 rings (SSSR count). The average Bonchev–Trinajstić information content (AvgIpc) is 3.49. The topological polar surface area (TPSA) is 78.9 Å². The Morgan fingerprint density at radius 1 is 0.253 bits per heavy atom. The van der Waals surface area contributed by atoms with Crippen LogP contribution in [0.15, 0.2) is 134 Å². The molecule has 472 valence electrons. The molecule has 0 spiro atoms. The molecule has 0 N–H and O–H groups in total. The summed E-state index contributed by atoms with van der Waals surface area (Å²) >= 11 is 0. The van der Waals surface area contributed by atoms with Gasteiger partial charge in [-0.3, -0.25) is 14.4 Å². The predicted molar refractivity (Wildman–Crippen MR) is 362 cm³/mol. The number of rotatable bonds is 62. The Balaban J connectivity index is 4.23. The second-order valence-corrected chi connectivity index (χ2v) is 22.7. The summed E-state index contributed by atoms with van der Waals surface area (Å²) in [5.74, 6) is -0.996. The SMILES string of the molecule is CC/C=C\C/C=C\C/C=C\C/C=C\CCCCCCCCCCCCCCCCCCCCCCC(=O)OCC(COC(=O)CC/C=C\C/C=C\C/C=C\C/C=C\CC)OC(=O)CCCCCCCC/C=C\C/C=C\C/C=C\CCCCC. The first kappa shape index (κ1) is 78.5. The van der Waals surface area contributed by atoms with Crippen LogP contribution in [0.3, 0.4) is 0 Å². The quantitative estimate of drug-likeness (QED) is 0.0261. The van der Waals surface area contributed by atoms with Crippen LogP contribution >= 0.6 is 0 Å². The Bertz CT molecular complexity index is 1750. The molecule has 6 nitrogen and oxygen atoms in total. The first-order valence-electron chi connectivity index (χ1n) is 34.7. The lowest BCUT2D eigenvalue weighted by Gasteiger charge is -2.18. The zero-order valence-electron chi connectivity index (χ0n) is 54.2. The monoisotopic (exact) mass is 1150 g/mol. The van der Waals surface area contributed by atoms with Crippen LogP contribution in [0.1, 0.15) is 316 Å². The molecule has 0 radical (unpaired) electrons. The molecule has 0 aliphatic rings. The fourth-order valence-corrected chi connectivity index (χ4v) is 9.52. The van der Waals surface area contributed by atoms with E-state index in [9.17, 15) is 14.4 Å².